The molecule has 0 atom stereocenters. The smallest absolute Gasteiger partial charge is 0.220 e. The van der Waals surface area contributed by atoms with Crippen molar-refractivity contribution in [1.82, 2.24) is 10.6 Å². The molecular weight excluding hydrogens is 304 g/mol. The van der Waals surface area contributed by atoms with E-state index in [1.54, 1.807) is 17.7 Å². The quantitative estimate of drug-likeness (QED) is 0.235. The molecule has 0 rings (SSSR count). The van der Waals surface area contributed by atoms with Crippen molar-refractivity contribution in [3.63, 3.8) is 0 Å². The number of carbonyl (C=O) groups excluding carboxylic acids is 1. The second-order valence-corrected chi connectivity index (χ2v) is 7.26. The van der Waals surface area contributed by atoms with Crippen molar-refractivity contribution < 1.29 is 9.53 Å². The Bertz CT molecular complexity index is 315. The lowest BCUT2D eigenvalue weighted by atomic mass is 10.2. The summed E-state index contributed by atoms with van der Waals surface area (Å²) in [5.41, 5.74) is 0. The minimum atomic E-state index is 0.0698. The van der Waals surface area contributed by atoms with Crippen LogP contribution in [-0.4, -0.2) is 43.3 Å². The highest BCUT2D eigenvalue weighted by Crippen LogP contribution is 2.20. The monoisotopic (exact) mass is 332 g/mol. The number of hydrogen-bond donors (Lipinski definition) is 2. The van der Waals surface area contributed by atoms with Crippen LogP contribution in [0.15, 0.2) is 0 Å². The molecule has 0 saturated carbocycles. The molecule has 0 spiro atoms. The summed E-state index contributed by atoms with van der Waals surface area (Å²) in [6, 6.07) is 0.554. The van der Waals surface area contributed by atoms with Gasteiger partial charge in [0.25, 0.3) is 0 Å². The highest BCUT2D eigenvalue weighted by molar-refractivity contribution is 8.76. The van der Waals surface area contributed by atoms with E-state index in [2.05, 4.69) is 36.3 Å². The number of rotatable bonds is 13. The van der Waals surface area contributed by atoms with Gasteiger partial charge in [0.05, 0.1) is 6.54 Å². The molecule has 0 fully saturated rings. The Morgan fingerprint density at radius 3 is 2.81 bits per heavy atom. The van der Waals surface area contributed by atoms with Crippen LogP contribution in [0, 0.1) is 11.8 Å². The standard InChI is InChI=1S/C15H28N2O2S2/c1-4-5-9-17-15(18)8-6-7-11-19-13-21-20-12-10-16-14(2)3/h14,16H,6-13H2,1-3H3,(H,17,18). The van der Waals surface area contributed by atoms with Gasteiger partial charge in [-0.05, 0) is 19.8 Å². The van der Waals surface area contributed by atoms with E-state index in [-0.39, 0.29) is 5.91 Å². The predicted octanol–water partition coefficient (Wildman–Crippen LogP) is 2.65. The van der Waals surface area contributed by atoms with Crippen LogP contribution in [0.4, 0.5) is 0 Å². The molecule has 0 aromatic carbocycles. The van der Waals surface area contributed by atoms with Crippen LogP contribution < -0.4 is 10.6 Å². The summed E-state index contributed by atoms with van der Waals surface area (Å²) in [4.78, 5) is 11.4. The van der Waals surface area contributed by atoms with Gasteiger partial charge in [0.1, 0.15) is 5.94 Å². The van der Waals surface area contributed by atoms with Crippen molar-refractivity contribution >= 4 is 27.5 Å². The molecule has 1 amide bonds. The van der Waals surface area contributed by atoms with Crippen LogP contribution in [0.1, 0.15) is 40.0 Å². The SMILES string of the molecule is CC#CCNC(=O)CCCCOCSSCCNC(C)C. The van der Waals surface area contributed by atoms with Crippen LogP contribution in [0.3, 0.4) is 0 Å². The van der Waals surface area contributed by atoms with E-state index in [0.29, 0.717) is 24.9 Å². The summed E-state index contributed by atoms with van der Waals surface area (Å²) in [5.74, 6) is 7.43. The Labute approximate surface area is 137 Å². The number of carbonyl (C=O) groups is 1. The topological polar surface area (TPSA) is 50.4 Å². The summed E-state index contributed by atoms with van der Waals surface area (Å²) in [6.07, 6.45) is 2.34. The van der Waals surface area contributed by atoms with Gasteiger partial charge in [-0.15, -0.1) is 5.92 Å². The Hall–Kier alpha value is -0.350. The Morgan fingerprint density at radius 2 is 2.10 bits per heavy atom. The molecule has 0 bridgehead atoms. The van der Waals surface area contributed by atoms with Gasteiger partial charge < -0.3 is 15.4 Å². The number of ether oxygens (including phenoxy) is 1. The van der Waals surface area contributed by atoms with Crippen molar-refractivity contribution in [3.8, 4) is 11.8 Å². The van der Waals surface area contributed by atoms with Gasteiger partial charge in [-0.2, -0.15) is 0 Å². The van der Waals surface area contributed by atoms with Crippen LogP contribution in [0.2, 0.25) is 0 Å². The van der Waals surface area contributed by atoms with Crippen LogP contribution in [0.5, 0.6) is 0 Å². The second kappa shape index (κ2) is 16.0. The third-order valence-corrected chi connectivity index (χ3v) is 4.54. The third-order valence-electron chi connectivity index (χ3n) is 2.45. The lowest BCUT2D eigenvalue weighted by Crippen LogP contribution is -2.24. The van der Waals surface area contributed by atoms with Gasteiger partial charge in [0.2, 0.25) is 5.91 Å². The van der Waals surface area contributed by atoms with Gasteiger partial charge in [0.15, 0.2) is 0 Å². The fraction of sp³-hybridized carbons (Fsp3) is 0.800. The average Bonchev–Trinajstić information content (AvgIpc) is 2.44. The molecule has 0 saturated heterocycles. The molecule has 0 heterocycles. The van der Waals surface area contributed by atoms with E-state index in [9.17, 15) is 4.79 Å². The fourth-order valence-electron chi connectivity index (χ4n) is 1.38. The van der Waals surface area contributed by atoms with Gasteiger partial charge >= 0.3 is 0 Å². The first kappa shape index (κ1) is 20.6. The highest BCUT2D eigenvalue weighted by Gasteiger charge is 1.99. The van der Waals surface area contributed by atoms with Gasteiger partial charge in [-0.3, -0.25) is 4.79 Å². The first-order valence-corrected chi connectivity index (χ1v) is 9.87. The Kier molecular flexibility index (Phi) is 15.8. The zero-order chi connectivity index (χ0) is 15.8. The van der Waals surface area contributed by atoms with Crippen LogP contribution in [-0.2, 0) is 9.53 Å². The lowest BCUT2D eigenvalue weighted by molar-refractivity contribution is -0.121. The van der Waals surface area contributed by atoms with E-state index in [0.717, 1.165) is 31.7 Å². The first-order chi connectivity index (χ1) is 10.2. The lowest BCUT2D eigenvalue weighted by Gasteiger charge is -2.07. The third kappa shape index (κ3) is 17.6. The second-order valence-electron chi connectivity index (χ2n) is 4.74. The summed E-state index contributed by atoms with van der Waals surface area (Å²) < 4.78 is 5.51. The number of hydrogen-bond acceptors (Lipinski definition) is 5. The van der Waals surface area contributed by atoms with E-state index in [4.69, 9.17) is 4.74 Å². The van der Waals surface area contributed by atoms with Crippen molar-refractivity contribution in [2.24, 2.45) is 0 Å². The van der Waals surface area contributed by atoms with E-state index in [1.165, 1.54) is 0 Å². The van der Waals surface area contributed by atoms with Crippen molar-refractivity contribution in [1.29, 1.82) is 0 Å². The van der Waals surface area contributed by atoms with Crippen molar-refractivity contribution in [2.45, 2.75) is 46.1 Å². The van der Waals surface area contributed by atoms with Crippen molar-refractivity contribution in [3.05, 3.63) is 0 Å². The molecule has 0 aliphatic rings. The summed E-state index contributed by atoms with van der Waals surface area (Å²) in [7, 11) is 3.57. The Morgan fingerprint density at radius 1 is 1.29 bits per heavy atom. The van der Waals surface area contributed by atoms with Crippen LogP contribution >= 0.6 is 21.6 Å². The van der Waals surface area contributed by atoms with E-state index in [1.807, 2.05) is 10.8 Å². The maximum atomic E-state index is 11.4. The molecule has 0 aliphatic heterocycles. The normalized spacial score (nSPS) is 10.3. The molecular formula is C15H28N2O2S2. The molecule has 122 valence electrons. The molecule has 6 heteroatoms. The molecule has 0 radical (unpaired) electrons. The van der Waals surface area contributed by atoms with Crippen LogP contribution in [0.25, 0.3) is 0 Å². The Balaban J connectivity index is 3.14. The zero-order valence-electron chi connectivity index (χ0n) is 13.4. The maximum absolute atomic E-state index is 11.4. The number of amides is 1. The summed E-state index contributed by atoms with van der Waals surface area (Å²) >= 11 is 0. The fourth-order valence-corrected chi connectivity index (χ4v) is 2.97. The highest BCUT2D eigenvalue weighted by atomic mass is 33.1. The average molecular weight is 333 g/mol. The zero-order valence-corrected chi connectivity index (χ0v) is 15.0. The minimum Gasteiger partial charge on any atom is -0.370 e. The molecule has 21 heavy (non-hydrogen) atoms. The summed E-state index contributed by atoms with van der Waals surface area (Å²) in [5, 5.41) is 6.13. The molecule has 0 aliphatic carbocycles. The molecule has 4 nitrogen and oxygen atoms in total. The predicted molar refractivity (Wildman–Crippen MR) is 94.3 cm³/mol. The molecule has 0 aromatic heterocycles. The maximum Gasteiger partial charge on any atom is 0.220 e. The molecule has 2 N–H and O–H groups in total. The first-order valence-electron chi connectivity index (χ1n) is 7.38. The minimum absolute atomic E-state index is 0.0698. The largest absolute Gasteiger partial charge is 0.370 e. The number of unbranched alkanes of at least 4 members (excludes halogenated alkanes) is 1. The van der Waals surface area contributed by atoms with Gasteiger partial charge in [-0.1, -0.05) is 41.4 Å². The summed E-state index contributed by atoms with van der Waals surface area (Å²) in [6.45, 7) is 8.27. The van der Waals surface area contributed by atoms with E-state index < -0.39 is 0 Å². The number of nitrogens with one attached hydrogen (secondary N) is 2. The molecule has 0 aromatic rings. The van der Waals surface area contributed by atoms with Gasteiger partial charge in [-0.25, -0.2) is 0 Å². The van der Waals surface area contributed by atoms with E-state index >= 15 is 0 Å². The van der Waals surface area contributed by atoms with Crippen molar-refractivity contribution in [2.75, 3.05) is 31.4 Å². The van der Waals surface area contributed by atoms with Gasteiger partial charge in [0, 0.05) is 31.4 Å². The molecule has 0 unspecified atom stereocenters.